The summed E-state index contributed by atoms with van der Waals surface area (Å²) in [4.78, 5) is 12.4. The van der Waals surface area contributed by atoms with Gasteiger partial charge in [-0.3, -0.25) is 9.36 Å². The van der Waals surface area contributed by atoms with Crippen LogP contribution in [0.5, 0.6) is 5.75 Å². The van der Waals surface area contributed by atoms with Crippen molar-refractivity contribution in [1.29, 1.82) is 0 Å². The molecular weight excluding hydrogens is 420 g/mol. The Bertz CT molecular complexity index is 1160. The molecule has 0 aliphatic carbocycles. The number of amides is 1. The van der Waals surface area contributed by atoms with Gasteiger partial charge >= 0.3 is 0 Å². The van der Waals surface area contributed by atoms with Crippen LogP contribution >= 0.6 is 11.8 Å². The molecule has 0 aliphatic rings. The Balaban J connectivity index is 1.51. The van der Waals surface area contributed by atoms with Gasteiger partial charge in [0, 0.05) is 12.1 Å². The van der Waals surface area contributed by atoms with E-state index in [9.17, 15) is 4.79 Å². The van der Waals surface area contributed by atoms with Crippen molar-refractivity contribution < 1.29 is 9.53 Å². The van der Waals surface area contributed by atoms with Crippen LogP contribution in [-0.2, 0) is 11.2 Å². The number of hydrogen-bond donors (Lipinski definition) is 1. The Morgan fingerprint density at radius 1 is 0.938 bits per heavy atom. The van der Waals surface area contributed by atoms with E-state index in [-0.39, 0.29) is 11.7 Å². The van der Waals surface area contributed by atoms with E-state index < -0.39 is 0 Å². The first-order valence-corrected chi connectivity index (χ1v) is 11.3. The average Bonchev–Trinajstić information content (AvgIpc) is 3.27. The molecule has 0 saturated carbocycles. The first-order valence-electron chi connectivity index (χ1n) is 10.3. The van der Waals surface area contributed by atoms with Crippen LogP contribution in [0, 0.1) is 0 Å². The fourth-order valence-electron chi connectivity index (χ4n) is 3.34. The normalized spacial score (nSPS) is 10.7. The van der Waals surface area contributed by atoms with Crippen LogP contribution in [0.15, 0.2) is 90.1 Å². The average molecular weight is 445 g/mol. The zero-order chi connectivity index (χ0) is 22.2. The minimum Gasteiger partial charge on any atom is -0.495 e. The quantitative estimate of drug-likeness (QED) is 0.388. The van der Waals surface area contributed by atoms with E-state index in [1.165, 1.54) is 17.3 Å². The van der Waals surface area contributed by atoms with Gasteiger partial charge < -0.3 is 10.1 Å². The molecule has 1 heterocycles. The van der Waals surface area contributed by atoms with Crippen molar-refractivity contribution in [2.24, 2.45) is 0 Å². The van der Waals surface area contributed by atoms with Crippen molar-refractivity contribution >= 4 is 17.7 Å². The molecule has 4 aromatic rings. The van der Waals surface area contributed by atoms with Gasteiger partial charge in [-0.1, -0.05) is 84.6 Å². The Kier molecular flexibility index (Phi) is 7.19. The summed E-state index contributed by atoms with van der Waals surface area (Å²) in [5.41, 5.74) is 2.96. The summed E-state index contributed by atoms with van der Waals surface area (Å²) in [6.45, 7) is 0.595. The predicted octanol–water partition coefficient (Wildman–Crippen LogP) is 4.39. The van der Waals surface area contributed by atoms with Crippen molar-refractivity contribution in [3.05, 3.63) is 90.5 Å². The van der Waals surface area contributed by atoms with Crippen molar-refractivity contribution in [3.8, 4) is 22.8 Å². The lowest BCUT2D eigenvalue weighted by molar-refractivity contribution is -0.118. The van der Waals surface area contributed by atoms with E-state index in [4.69, 9.17) is 4.74 Å². The number of aromatic nitrogens is 3. The molecule has 1 amide bonds. The zero-order valence-corrected chi connectivity index (χ0v) is 18.6. The number of thioether (sulfide) groups is 1. The van der Waals surface area contributed by atoms with Gasteiger partial charge in [0.2, 0.25) is 5.91 Å². The Labute approximate surface area is 191 Å². The molecule has 0 spiro atoms. The van der Waals surface area contributed by atoms with Crippen LogP contribution in [0.2, 0.25) is 0 Å². The van der Waals surface area contributed by atoms with E-state index >= 15 is 0 Å². The fourth-order valence-corrected chi connectivity index (χ4v) is 4.12. The molecule has 32 heavy (non-hydrogen) atoms. The third kappa shape index (κ3) is 5.18. The number of rotatable bonds is 9. The molecule has 6 nitrogen and oxygen atoms in total. The number of ether oxygens (including phenoxy) is 1. The molecule has 0 unspecified atom stereocenters. The van der Waals surface area contributed by atoms with Gasteiger partial charge in [-0.05, 0) is 24.1 Å². The lowest BCUT2D eigenvalue weighted by Crippen LogP contribution is -2.27. The molecule has 0 fully saturated rings. The van der Waals surface area contributed by atoms with Gasteiger partial charge in [-0.15, -0.1) is 10.2 Å². The molecule has 7 heteroatoms. The minimum absolute atomic E-state index is 0.0400. The van der Waals surface area contributed by atoms with E-state index in [0.717, 1.165) is 17.7 Å². The van der Waals surface area contributed by atoms with Crippen LogP contribution in [-0.4, -0.2) is 40.1 Å². The molecule has 0 bridgehead atoms. The smallest absolute Gasteiger partial charge is 0.230 e. The molecule has 3 aromatic carbocycles. The van der Waals surface area contributed by atoms with Gasteiger partial charge in [-0.25, -0.2) is 0 Å². The highest BCUT2D eigenvalue weighted by molar-refractivity contribution is 7.99. The maximum absolute atomic E-state index is 12.4. The summed E-state index contributed by atoms with van der Waals surface area (Å²) in [5, 5.41) is 12.4. The molecule has 1 N–H and O–H groups in total. The second-order valence-corrected chi connectivity index (χ2v) is 8.00. The van der Waals surface area contributed by atoms with Crippen LogP contribution in [0.1, 0.15) is 5.56 Å². The van der Waals surface area contributed by atoms with Crippen LogP contribution < -0.4 is 10.1 Å². The number of benzene rings is 3. The molecule has 0 atom stereocenters. The summed E-state index contributed by atoms with van der Waals surface area (Å²) in [6.07, 6.45) is 0.798. The van der Waals surface area contributed by atoms with E-state index in [1.807, 2.05) is 77.4 Å². The van der Waals surface area contributed by atoms with Gasteiger partial charge in [0.1, 0.15) is 5.75 Å². The second kappa shape index (κ2) is 10.6. The van der Waals surface area contributed by atoms with Crippen molar-refractivity contribution in [3.63, 3.8) is 0 Å². The Morgan fingerprint density at radius 2 is 1.62 bits per heavy atom. The van der Waals surface area contributed by atoms with Crippen LogP contribution in [0.4, 0.5) is 0 Å². The molecule has 0 saturated heterocycles. The van der Waals surface area contributed by atoms with Gasteiger partial charge in [0.25, 0.3) is 0 Å². The van der Waals surface area contributed by atoms with Crippen molar-refractivity contribution in [2.45, 2.75) is 11.6 Å². The highest BCUT2D eigenvalue weighted by Crippen LogP contribution is 2.32. The van der Waals surface area contributed by atoms with Gasteiger partial charge in [-0.2, -0.15) is 0 Å². The van der Waals surface area contributed by atoms with Gasteiger partial charge in [0.05, 0.1) is 18.6 Å². The topological polar surface area (TPSA) is 69.0 Å². The molecule has 162 valence electrons. The van der Waals surface area contributed by atoms with Crippen molar-refractivity contribution in [1.82, 2.24) is 20.1 Å². The number of methoxy groups -OCH3 is 1. The number of nitrogens with one attached hydrogen (secondary N) is 1. The maximum atomic E-state index is 12.4. The number of carbonyl (C=O) groups is 1. The molecule has 1 aromatic heterocycles. The van der Waals surface area contributed by atoms with E-state index in [0.29, 0.717) is 23.3 Å². The number of hydrogen-bond acceptors (Lipinski definition) is 5. The predicted molar refractivity (Wildman–Crippen MR) is 127 cm³/mol. The molecule has 4 rings (SSSR count). The van der Waals surface area contributed by atoms with E-state index in [2.05, 4.69) is 27.6 Å². The van der Waals surface area contributed by atoms with Crippen LogP contribution in [0.25, 0.3) is 17.1 Å². The first kappa shape index (κ1) is 21.6. The minimum atomic E-state index is -0.0400. The Hall–Kier alpha value is -3.58. The first-order chi connectivity index (χ1) is 15.8. The highest BCUT2D eigenvalue weighted by atomic mass is 32.2. The number of para-hydroxylation sites is 2. The summed E-state index contributed by atoms with van der Waals surface area (Å²) < 4.78 is 7.51. The number of carbonyl (C=O) groups excluding carboxylic acids is 1. The lowest BCUT2D eigenvalue weighted by atomic mass is 10.1. The van der Waals surface area contributed by atoms with Gasteiger partial charge in [0.15, 0.2) is 11.0 Å². The highest BCUT2D eigenvalue weighted by Gasteiger charge is 2.19. The standard InChI is InChI=1S/C25H24N4O2S/c1-31-22-15-9-8-14-21(22)29-24(20-12-6-3-7-13-20)27-28-25(29)32-18-23(30)26-17-16-19-10-4-2-5-11-19/h2-15H,16-18H2,1H3,(H,26,30). The molecule has 0 radical (unpaired) electrons. The Morgan fingerprint density at radius 3 is 2.38 bits per heavy atom. The second-order valence-electron chi connectivity index (χ2n) is 7.05. The van der Waals surface area contributed by atoms with Crippen molar-refractivity contribution in [2.75, 3.05) is 19.4 Å². The van der Waals surface area contributed by atoms with E-state index in [1.54, 1.807) is 7.11 Å². The molecular formula is C25H24N4O2S. The lowest BCUT2D eigenvalue weighted by Gasteiger charge is -2.14. The summed E-state index contributed by atoms with van der Waals surface area (Å²) in [5.74, 6) is 1.61. The van der Waals surface area contributed by atoms with Crippen LogP contribution in [0.3, 0.4) is 0 Å². The monoisotopic (exact) mass is 444 g/mol. The molecule has 0 aliphatic heterocycles. The number of nitrogens with zero attached hydrogens (tertiary/aromatic N) is 3. The summed E-state index contributed by atoms with van der Waals surface area (Å²) >= 11 is 1.35. The third-order valence-corrected chi connectivity index (χ3v) is 5.83. The largest absolute Gasteiger partial charge is 0.495 e. The SMILES string of the molecule is COc1ccccc1-n1c(SCC(=O)NCCc2ccccc2)nnc1-c1ccccc1. The summed E-state index contributed by atoms with van der Waals surface area (Å²) in [7, 11) is 1.64. The fraction of sp³-hybridized carbons (Fsp3) is 0.160. The third-order valence-electron chi connectivity index (χ3n) is 4.90. The summed E-state index contributed by atoms with van der Waals surface area (Å²) in [6, 6.07) is 27.7. The maximum Gasteiger partial charge on any atom is 0.230 e. The zero-order valence-electron chi connectivity index (χ0n) is 17.8.